The summed E-state index contributed by atoms with van der Waals surface area (Å²) in [5.74, 6) is 2.36. The third-order valence-electron chi connectivity index (χ3n) is 7.70. The highest BCUT2D eigenvalue weighted by molar-refractivity contribution is 5.68. The summed E-state index contributed by atoms with van der Waals surface area (Å²) < 4.78 is 53.3. The van der Waals surface area contributed by atoms with E-state index in [1.54, 1.807) is 17.9 Å². The third-order valence-corrected chi connectivity index (χ3v) is 7.70. The lowest BCUT2D eigenvalue weighted by Crippen LogP contribution is -2.40. The van der Waals surface area contributed by atoms with Crippen LogP contribution in [0.15, 0.2) is 43.0 Å². The molecule has 0 spiro atoms. The van der Waals surface area contributed by atoms with E-state index in [1.165, 1.54) is 6.33 Å². The number of ether oxygens (including phenoxy) is 2. The summed E-state index contributed by atoms with van der Waals surface area (Å²) in [6.45, 7) is 7.21. The number of methoxy groups -OCH3 is 1. The molecule has 0 radical (unpaired) electrons. The predicted molar refractivity (Wildman–Crippen MR) is 150 cm³/mol. The Morgan fingerprint density at radius 2 is 1.81 bits per heavy atom. The summed E-state index contributed by atoms with van der Waals surface area (Å²) >= 11 is 0. The third kappa shape index (κ3) is 5.31. The molecule has 1 aliphatic carbocycles. The molecule has 9 nitrogen and oxygen atoms in total. The molecule has 0 N–H and O–H groups in total. The van der Waals surface area contributed by atoms with Gasteiger partial charge < -0.3 is 18.9 Å². The van der Waals surface area contributed by atoms with Gasteiger partial charge in [0.1, 0.15) is 23.5 Å². The zero-order valence-electron chi connectivity index (χ0n) is 23.9. The van der Waals surface area contributed by atoms with Crippen molar-refractivity contribution in [3.05, 3.63) is 65.5 Å². The van der Waals surface area contributed by atoms with Crippen molar-refractivity contribution in [1.82, 2.24) is 29.5 Å². The summed E-state index contributed by atoms with van der Waals surface area (Å²) in [6.07, 6.45) is 2.00. The quantitative estimate of drug-likeness (QED) is 0.257. The number of hydrogen-bond acceptors (Lipinski definition) is 8. The van der Waals surface area contributed by atoms with E-state index in [1.807, 2.05) is 45.0 Å². The second kappa shape index (κ2) is 11.0. The zero-order chi connectivity index (χ0) is 29.6. The van der Waals surface area contributed by atoms with Gasteiger partial charge in [-0.15, -0.1) is 0 Å². The number of imidazole rings is 1. The van der Waals surface area contributed by atoms with E-state index in [-0.39, 0.29) is 17.9 Å². The van der Waals surface area contributed by atoms with Gasteiger partial charge in [-0.3, -0.25) is 0 Å². The van der Waals surface area contributed by atoms with Crippen LogP contribution in [0.1, 0.15) is 67.2 Å². The minimum Gasteiger partial charge on any atom is -0.480 e. The Bertz CT molecular complexity index is 1580. The first-order valence-corrected chi connectivity index (χ1v) is 14.0. The van der Waals surface area contributed by atoms with E-state index in [0.29, 0.717) is 42.9 Å². The Hall–Kier alpha value is -4.06. The number of rotatable bonds is 7. The van der Waals surface area contributed by atoms with Crippen LogP contribution in [0.4, 0.5) is 19.0 Å². The molecule has 0 amide bonds. The average molecular weight is 580 g/mol. The van der Waals surface area contributed by atoms with Gasteiger partial charge in [-0.25, -0.2) is 24.9 Å². The highest BCUT2D eigenvalue weighted by Gasteiger charge is 2.36. The molecule has 6 rings (SSSR count). The second-order valence-electron chi connectivity index (χ2n) is 11.0. The summed E-state index contributed by atoms with van der Waals surface area (Å²) in [5, 5.41) is 0. The van der Waals surface area contributed by atoms with Gasteiger partial charge in [-0.2, -0.15) is 13.2 Å². The van der Waals surface area contributed by atoms with Gasteiger partial charge in [-0.05, 0) is 39.2 Å². The Morgan fingerprint density at radius 3 is 2.48 bits per heavy atom. The first kappa shape index (κ1) is 28.1. The maximum Gasteiger partial charge on any atom is 0.434 e. The van der Waals surface area contributed by atoms with Crippen LogP contribution in [0.25, 0.3) is 22.8 Å². The normalized spacial score (nSPS) is 17.6. The minimum atomic E-state index is -4.52. The molecule has 4 aromatic rings. The molecule has 4 heterocycles. The molecule has 3 aromatic heterocycles. The van der Waals surface area contributed by atoms with Crippen molar-refractivity contribution >= 4 is 5.82 Å². The van der Waals surface area contributed by atoms with Crippen molar-refractivity contribution in [3.8, 4) is 28.7 Å². The van der Waals surface area contributed by atoms with Crippen LogP contribution in [-0.2, 0) is 10.9 Å². The van der Waals surface area contributed by atoms with Crippen LogP contribution in [0, 0.1) is 6.92 Å². The maximum absolute atomic E-state index is 13.4. The molecule has 220 valence electrons. The number of aryl methyl sites for hydroxylation is 1. The van der Waals surface area contributed by atoms with Crippen LogP contribution >= 0.6 is 0 Å². The van der Waals surface area contributed by atoms with E-state index in [0.717, 1.165) is 47.2 Å². The zero-order valence-corrected chi connectivity index (χ0v) is 23.9. The maximum atomic E-state index is 13.4. The molecule has 2 aliphatic rings. The Morgan fingerprint density at radius 1 is 1.05 bits per heavy atom. The number of anilines is 1. The Labute approximate surface area is 241 Å². The summed E-state index contributed by atoms with van der Waals surface area (Å²) in [7, 11) is 1.58. The highest BCUT2D eigenvalue weighted by Crippen LogP contribution is 2.45. The van der Waals surface area contributed by atoms with Crippen molar-refractivity contribution in [2.24, 2.45) is 0 Å². The average Bonchev–Trinajstić information content (AvgIpc) is 3.73. The van der Waals surface area contributed by atoms with Crippen molar-refractivity contribution in [3.63, 3.8) is 0 Å². The fourth-order valence-electron chi connectivity index (χ4n) is 5.38. The Kier molecular flexibility index (Phi) is 7.34. The van der Waals surface area contributed by atoms with Gasteiger partial charge in [0, 0.05) is 42.0 Å². The van der Waals surface area contributed by atoms with Gasteiger partial charge >= 0.3 is 6.18 Å². The summed E-state index contributed by atoms with van der Waals surface area (Å²) in [4.78, 5) is 24.7. The molecule has 1 unspecified atom stereocenters. The number of nitrogens with zero attached hydrogens (tertiary/aromatic N) is 7. The van der Waals surface area contributed by atoms with Gasteiger partial charge in [-0.1, -0.05) is 24.3 Å². The number of hydrogen-bond donors (Lipinski definition) is 0. The van der Waals surface area contributed by atoms with E-state index in [2.05, 4.69) is 24.8 Å². The van der Waals surface area contributed by atoms with E-state index in [9.17, 15) is 13.2 Å². The first-order valence-electron chi connectivity index (χ1n) is 14.0. The molecule has 0 bridgehead atoms. The van der Waals surface area contributed by atoms with Crippen molar-refractivity contribution in [2.75, 3.05) is 31.8 Å². The van der Waals surface area contributed by atoms with Crippen LogP contribution in [0.2, 0.25) is 0 Å². The standard InChI is InChI=1S/C30H32F3N7O2/c1-17(2)40-14-23(30(31,32)33)37-28(40)21-9-5-19(6-10-21)22-15-42-12-11-39(22)27-18(3)13-34-26(38-27)24-25(20-7-8-20)35-16-36-29(24)41-4/h5-6,9-10,13-14,16-17,20,22H,7-8,11-12,15H2,1-4H3. The Balaban J connectivity index is 1.35. The van der Waals surface area contributed by atoms with Crippen LogP contribution in [0.5, 0.6) is 5.88 Å². The molecule has 12 heteroatoms. The molecule has 1 saturated heterocycles. The van der Waals surface area contributed by atoms with E-state index in [4.69, 9.17) is 14.5 Å². The minimum absolute atomic E-state index is 0.165. The van der Waals surface area contributed by atoms with Gasteiger partial charge in [0.05, 0.1) is 32.1 Å². The number of halogens is 3. The molecule has 1 saturated carbocycles. The fourth-order valence-corrected chi connectivity index (χ4v) is 5.38. The van der Waals surface area contributed by atoms with E-state index >= 15 is 0 Å². The van der Waals surface area contributed by atoms with Crippen molar-refractivity contribution in [2.45, 2.75) is 57.8 Å². The van der Waals surface area contributed by atoms with Crippen molar-refractivity contribution < 1.29 is 22.6 Å². The van der Waals surface area contributed by atoms with Gasteiger partial charge in [0.25, 0.3) is 0 Å². The van der Waals surface area contributed by atoms with E-state index < -0.39 is 11.9 Å². The molecule has 1 aliphatic heterocycles. The summed E-state index contributed by atoms with van der Waals surface area (Å²) in [5.41, 5.74) is 3.19. The lowest BCUT2D eigenvalue weighted by Gasteiger charge is -2.37. The second-order valence-corrected chi connectivity index (χ2v) is 11.0. The number of alkyl halides is 3. The highest BCUT2D eigenvalue weighted by atomic mass is 19.4. The van der Waals surface area contributed by atoms with Crippen molar-refractivity contribution in [1.29, 1.82) is 0 Å². The molecule has 1 aromatic carbocycles. The van der Waals surface area contributed by atoms with Gasteiger partial charge in [0.15, 0.2) is 11.5 Å². The van der Waals surface area contributed by atoms with Crippen LogP contribution in [0.3, 0.4) is 0 Å². The van der Waals surface area contributed by atoms with Gasteiger partial charge in [0.2, 0.25) is 5.88 Å². The lowest BCUT2D eigenvalue weighted by atomic mass is 10.0. The smallest absolute Gasteiger partial charge is 0.434 e. The predicted octanol–water partition coefficient (Wildman–Crippen LogP) is 6.17. The number of benzene rings is 1. The molecular formula is C30H32F3N7O2. The van der Waals surface area contributed by atoms with Crippen LogP contribution in [-0.4, -0.2) is 56.4 Å². The summed E-state index contributed by atoms with van der Waals surface area (Å²) in [6, 6.07) is 7.12. The molecular weight excluding hydrogens is 547 g/mol. The molecule has 1 atom stereocenters. The van der Waals surface area contributed by atoms with Crippen LogP contribution < -0.4 is 9.64 Å². The monoisotopic (exact) mass is 579 g/mol. The first-order chi connectivity index (χ1) is 20.2. The number of aromatic nitrogens is 6. The topological polar surface area (TPSA) is 91.1 Å². The largest absolute Gasteiger partial charge is 0.480 e. The molecule has 2 fully saturated rings. The fraction of sp³-hybridized carbons (Fsp3) is 0.433. The lowest BCUT2D eigenvalue weighted by molar-refractivity contribution is -0.140. The molecule has 42 heavy (non-hydrogen) atoms. The number of morpholine rings is 1. The SMILES string of the molecule is COc1ncnc(C2CC2)c1-c1ncc(C)c(N2CCOCC2c2ccc(-c3nc(C(F)(F)F)cn3C(C)C)cc2)n1.